The molecule has 9 heteroatoms. The Balaban J connectivity index is 1.96. The molecule has 3 atom stereocenters. The van der Waals surface area contributed by atoms with Gasteiger partial charge in [0, 0.05) is 29.0 Å². The van der Waals surface area contributed by atoms with E-state index in [1.54, 1.807) is 31.2 Å². The van der Waals surface area contributed by atoms with Gasteiger partial charge in [0.05, 0.1) is 10.4 Å². The Bertz CT molecular complexity index is 907. The van der Waals surface area contributed by atoms with Crippen LogP contribution < -0.4 is 5.73 Å². The number of phenols is 1. The Labute approximate surface area is 184 Å². The summed E-state index contributed by atoms with van der Waals surface area (Å²) in [5.74, 6) is -2.60. The molecule has 5 nitrogen and oxygen atoms in total. The van der Waals surface area contributed by atoms with Gasteiger partial charge >= 0.3 is 6.18 Å². The van der Waals surface area contributed by atoms with Crippen LogP contribution in [0, 0.1) is 18.3 Å². The van der Waals surface area contributed by atoms with Gasteiger partial charge in [-0.2, -0.15) is 13.2 Å². The minimum Gasteiger partial charge on any atom is -0.508 e. The molecule has 31 heavy (non-hydrogen) atoms. The lowest BCUT2D eigenvalue weighted by molar-refractivity contribution is -0.198. The summed E-state index contributed by atoms with van der Waals surface area (Å²) >= 11 is 1.21. The number of rotatable bonds is 9. The summed E-state index contributed by atoms with van der Waals surface area (Å²) in [5, 5.41) is 10.2. The van der Waals surface area contributed by atoms with Crippen LogP contribution in [0.3, 0.4) is 0 Å². The second kappa shape index (κ2) is 8.78. The average Bonchev–Trinajstić information content (AvgIpc) is 3.37. The molecule has 0 radical (unpaired) electrons. The largest absolute Gasteiger partial charge is 0.508 e. The molecule has 1 aliphatic rings. The standard InChI is InChI=1S/C22H28F3N3O2S/c1-13-27-12-18(31-13)19(21(8-9-21)22(23,24)25)17(20(26)30)11-15(28(2)3)10-14-4-6-16(29)7-5-14/h4-7,12,15,17,19,29H,8-11H2,1-3H3,(H2,26,30)/t15-,17?,19?/m1/s1. The first-order valence-electron chi connectivity index (χ1n) is 10.2. The number of likely N-dealkylation sites (N-methyl/N-ethyl adjacent to an activating group) is 1. The third kappa shape index (κ3) is 5.03. The first-order chi connectivity index (χ1) is 14.4. The number of phenolic OH excluding ortho intramolecular Hbond substituents is 1. The zero-order chi connectivity index (χ0) is 23.0. The summed E-state index contributed by atoms with van der Waals surface area (Å²) in [4.78, 5) is 19.1. The molecule has 3 rings (SSSR count). The Kier molecular flexibility index (Phi) is 6.67. The zero-order valence-corrected chi connectivity index (χ0v) is 18.6. The number of hydrogen-bond donors (Lipinski definition) is 2. The summed E-state index contributed by atoms with van der Waals surface area (Å²) in [6.07, 6.45) is -2.25. The Morgan fingerprint density at radius 3 is 2.32 bits per heavy atom. The number of nitrogens with zero attached hydrogens (tertiary/aromatic N) is 2. The minimum atomic E-state index is -4.42. The molecular formula is C22H28F3N3O2S. The number of aromatic nitrogens is 1. The lowest BCUT2D eigenvalue weighted by Gasteiger charge is -2.36. The predicted molar refractivity (Wildman–Crippen MR) is 114 cm³/mol. The van der Waals surface area contributed by atoms with E-state index in [9.17, 15) is 23.1 Å². The molecule has 1 fully saturated rings. The van der Waals surface area contributed by atoms with Crippen LogP contribution in [-0.2, 0) is 11.2 Å². The molecule has 2 unspecified atom stereocenters. The molecule has 1 heterocycles. The van der Waals surface area contributed by atoms with Crippen LogP contribution in [0.15, 0.2) is 30.5 Å². The number of hydrogen-bond acceptors (Lipinski definition) is 5. The number of benzene rings is 1. The first kappa shape index (κ1) is 23.5. The van der Waals surface area contributed by atoms with Crippen molar-refractivity contribution in [3.05, 3.63) is 45.9 Å². The van der Waals surface area contributed by atoms with Gasteiger partial charge in [-0.15, -0.1) is 11.3 Å². The third-order valence-electron chi connectivity index (χ3n) is 6.33. The highest BCUT2D eigenvalue weighted by molar-refractivity contribution is 7.11. The highest BCUT2D eigenvalue weighted by Gasteiger charge is 2.69. The molecule has 1 saturated carbocycles. The van der Waals surface area contributed by atoms with Crippen LogP contribution in [0.25, 0.3) is 0 Å². The number of aryl methyl sites for hydroxylation is 1. The van der Waals surface area contributed by atoms with Gasteiger partial charge in [0.25, 0.3) is 0 Å². The highest BCUT2D eigenvalue weighted by atomic mass is 32.1. The van der Waals surface area contributed by atoms with E-state index in [-0.39, 0.29) is 31.1 Å². The van der Waals surface area contributed by atoms with Crippen molar-refractivity contribution in [1.82, 2.24) is 9.88 Å². The van der Waals surface area contributed by atoms with E-state index in [0.717, 1.165) is 5.56 Å². The molecule has 1 aromatic heterocycles. The van der Waals surface area contributed by atoms with Crippen molar-refractivity contribution >= 4 is 17.2 Å². The molecule has 1 amide bonds. The van der Waals surface area contributed by atoms with Crippen molar-refractivity contribution in [1.29, 1.82) is 0 Å². The Hall–Kier alpha value is -2.13. The number of alkyl halides is 3. The fourth-order valence-electron chi connectivity index (χ4n) is 4.37. The van der Waals surface area contributed by atoms with Crippen LogP contribution >= 0.6 is 11.3 Å². The summed E-state index contributed by atoms with van der Waals surface area (Å²) in [7, 11) is 3.68. The van der Waals surface area contributed by atoms with Gasteiger partial charge in [-0.3, -0.25) is 4.79 Å². The molecule has 0 aliphatic heterocycles. The maximum Gasteiger partial charge on any atom is 0.395 e. The molecule has 3 N–H and O–H groups in total. The number of halogens is 3. The SMILES string of the molecule is Cc1ncc(C(C(C[C@@H](Cc2ccc(O)cc2)N(C)C)C(N)=O)C2(C(F)(F)F)CC2)s1. The second-order valence-corrected chi connectivity index (χ2v) is 9.91. The lowest BCUT2D eigenvalue weighted by atomic mass is 9.74. The number of thiazole rings is 1. The summed E-state index contributed by atoms with van der Waals surface area (Å²) in [6, 6.07) is 6.47. The minimum absolute atomic E-state index is 0.00745. The number of carbonyl (C=O) groups excluding carboxylic acids is 1. The zero-order valence-electron chi connectivity index (χ0n) is 17.8. The van der Waals surface area contributed by atoms with E-state index in [4.69, 9.17) is 5.73 Å². The summed E-state index contributed by atoms with van der Waals surface area (Å²) < 4.78 is 42.4. The molecule has 1 aromatic carbocycles. The second-order valence-electron chi connectivity index (χ2n) is 8.65. The first-order valence-corrected chi connectivity index (χ1v) is 11.0. The number of aromatic hydroxyl groups is 1. The van der Waals surface area contributed by atoms with E-state index >= 15 is 0 Å². The summed E-state index contributed by atoms with van der Waals surface area (Å²) in [6.45, 7) is 1.74. The van der Waals surface area contributed by atoms with Gasteiger partial charge in [0.1, 0.15) is 5.75 Å². The van der Waals surface area contributed by atoms with E-state index in [0.29, 0.717) is 16.3 Å². The van der Waals surface area contributed by atoms with Gasteiger partial charge in [-0.05, 0) is 64.4 Å². The molecule has 0 spiro atoms. The quantitative estimate of drug-likeness (QED) is 0.593. The maximum absolute atomic E-state index is 14.1. The maximum atomic E-state index is 14.1. The summed E-state index contributed by atoms with van der Waals surface area (Å²) in [5.41, 5.74) is 4.73. The fraction of sp³-hybridized carbons (Fsp3) is 0.545. The Morgan fingerprint density at radius 1 is 1.29 bits per heavy atom. The van der Waals surface area contributed by atoms with Crippen LogP contribution in [0.2, 0.25) is 0 Å². The lowest BCUT2D eigenvalue weighted by Crippen LogP contribution is -2.43. The highest BCUT2D eigenvalue weighted by Crippen LogP contribution is 2.68. The predicted octanol–water partition coefficient (Wildman–Crippen LogP) is 4.25. The van der Waals surface area contributed by atoms with Crippen LogP contribution in [0.5, 0.6) is 5.75 Å². The monoisotopic (exact) mass is 455 g/mol. The number of amides is 1. The van der Waals surface area contributed by atoms with Gasteiger partial charge in [0.15, 0.2) is 0 Å². The van der Waals surface area contributed by atoms with E-state index in [2.05, 4.69) is 4.98 Å². The number of carbonyl (C=O) groups is 1. The molecule has 170 valence electrons. The van der Waals surface area contributed by atoms with Crippen molar-refractivity contribution in [2.45, 2.75) is 50.7 Å². The molecule has 0 bridgehead atoms. The van der Waals surface area contributed by atoms with Crippen molar-refractivity contribution in [2.75, 3.05) is 14.1 Å². The van der Waals surface area contributed by atoms with Crippen molar-refractivity contribution in [3.8, 4) is 5.75 Å². The van der Waals surface area contributed by atoms with E-state index in [1.165, 1.54) is 17.5 Å². The van der Waals surface area contributed by atoms with Crippen LogP contribution in [0.4, 0.5) is 13.2 Å². The molecule has 1 aliphatic carbocycles. The van der Waals surface area contributed by atoms with Crippen molar-refractivity contribution < 1.29 is 23.1 Å². The van der Waals surface area contributed by atoms with Gasteiger partial charge in [-0.25, -0.2) is 4.98 Å². The average molecular weight is 456 g/mol. The van der Waals surface area contributed by atoms with Crippen molar-refractivity contribution in [2.24, 2.45) is 17.1 Å². The molecule has 2 aromatic rings. The molecular weight excluding hydrogens is 427 g/mol. The van der Waals surface area contributed by atoms with E-state index in [1.807, 2.05) is 19.0 Å². The van der Waals surface area contributed by atoms with Gasteiger partial charge < -0.3 is 15.7 Å². The molecule has 0 saturated heterocycles. The smallest absolute Gasteiger partial charge is 0.395 e. The number of nitrogens with two attached hydrogens (primary N) is 1. The third-order valence-corrected chi connectivity index (χ3v) is 7.32. The van der Waals surface area contributed by atoms with Crippen molar-refractivity contribution in [3.63, 3.8) is 0 Å². The topological polar surface area (TPSA) is 79.5 Å². The van der Waals surface area contributed by atoms with E-state index < -0.39 is 29.3 Å². The number of primary amides is 1. The van der Waals surface area contributed by atoms with Crippen LogP contribution in [-0.4, -0.2) is 47.2 Å². The van der Waals surface area contributed by atoms with Gasteiger partial charge in [0.2, 0.25) is 5.91 Å². The van der Waals surface area contributed by atoms with Gasteiger partial charge in [-0.1, -0.05) is 12.1 Å². The van der Waals surface area contributed by atoms with Crippen LogP contribution in [0.1, 0.15) is 40.6 Å². The fourth-order valence-corrected chi connectivity index (χ4v) is 5.44. The Morgan fingerprint density at radius 2 is 1.90 bits per heavy atom. The normalized spacial score (nSPS) is 18.5.